The van der Waals surface area contributed by atoms with E-state index in [0.29, 0.717) is 11.1 Å². The Morgan fingerprint density at radius 2 is 0.900 bits per heavy atom. The van der Waals surface area contributed by atoms with Crippen LogP contribution in [0.5, 0.6) is 0 Å². The maximum atomic E-state index is 14.1. The van der Waals surface area contributed by atoms with Crippen LogP contribution in [0, 0.1) is 47.1 Å². The smallest absolute Gasteiger partial charge is 0.550 e. The van der Waals surface area contributed by atoms with Crippen molar-refractivity contribution in [1.82, 2.24) is 0 Å². The summed E-state index contributed by atoms with van der Waals surface area (Å²) in [6.07, 6.45) is 8.89. The third-order valence-corrected chi connectivity index (χ3v) is 18.9. The number of allylic oxidation sites excluding steroid dienone is 6. The van der Waals surface area contributed by atoms with E-state index in [1.54, 1.807) is 38.1 Å². The van der Waals surface area contributed by atoms with Gasteiger partial charge in [0.15, 0.2) is 0 Å². The Labute approximate surface area is 441 Å². The normalized spacial score (nSPS) is 19.8. The fourth-order valence-electron chi connectivity index (χ4n) is 10.9. The Morgan fingerprint density at radius 1 is 0.600 bits per heavy atom. The number of hydrogen-bond donors (Lipinski definition) is 4. The second-order valence-electron chi connectivity index (χ2n) is 19.8. The molecule has 2 aromatic rings. The number of aliphatic carboxylic acids is 2. The number of carboxylic acids is 2. The van der Waals surface area contributed by atoms with E-state index in [4.69, 9.17) is 0 Å². The number of carboxylic acid groups (broad SMARTS) is 2. The van der Waals surface area contributed by atoms with Crippen molar-refractivity contribution in [3.05, 3.63) is 105 Å². The number of aryl methyl sites for hydroxylation is 2. The Kier molecular flexibility index (Phi) is 26.1. The summed E-state index contributed by atoms with van der Waals surface area (Å²) in [5, 5.41) is 41.2. The van der Waals surface area contributed by atoms with Gasteiger partial charge in [0.2, 0.25) is 14.7 Å². The Hall–Kier alpha value is -2.31. The molecule has 0 bridgehead atoms. The minimum Gasteiger partial charge on any atom is -0.550 e. The fraction of sp³-hybridized carbons (Fsp3) is 0.593. The molecule has 0 saturated carbocycles. The first-order chi connectivity index (χ1) is 31.7. The number of carbonyl (C=O) groups excluding carboxylic acids is 2. The van der Waals surface area contributed by atoms with Crippen molar-refractivity contribution in [2.24, 2.45) is 21.7 Å². The summed E-state index contributed by atoms with van der Waals surface area (Å²) in [7, 11) is -7.89. The van der Waals surface area contributed by atoms with Crippen LogP contribution in [0.1, 0.15) is 168 Å². The van der Waals surface area contributed by atoms with E-state index in [2.05, 4.69) is 55.4 Å². The molecule has 4 N–H and O–H groups in total. The molecule has 4 rings (SSSR count). The Bertz CT molecular complexity index is 2150. The minimum atomic E-state index is -3.95. The molecule has 0 heterocycles. The third kappa shape index (κ3) is 16.9. The molecular weight excluding hydrogens is 922 g/mol. The molecule has 2 aliphatic rings. The molecule has 2 unspecified atom stereocenters. The number of rotatable bonds is 22. The van der Waals surface area contributed by atoms with E-state index in [9.17, 15) is 57.7 Å². The molecule has 16 heteroatoms. The van der Waals surface area contributed by atoms with Crippen molar-refractivity contribution in [3.63, 3.8) is 0 Å². The summed E-state index contributed by atoms with van der Waals surface area (Å²) >= 11 is 0. The van der Waals surface area contributed by atoms with Gasteiger partial charge in [0, 0.05) is 36.4 Å². The molecule has 2 aliphatic carbocycles. The average molecular weight is 1000 g/mol. The van der Waals surface area contributed by atoms with Crippen LogP contribution < -0.4 is 47.9 Å². The molecule has 0 amide bonds. The summed E-state index contributed by atoms with van der Waals surface area (Å²) in [6.45, 7) is 20.8. The number of carbonyl (C=O) groups is 2. The van der Waals surface area contributed by atoms with E-state index in [1.807, 2.05) is 12.1 Å². The monoisotopic (exact) mass is 1000 g/mol. The van der Waals surface area contributed by atoms with Gasteiger partial charge < -0.3 is 39.8 Å². The first-order valence-electron chi connectivity index (χ1n) is 24.5. The molecule has 70 heavy (non-hydrogen) atoms. The van der Waals surface area contributed by atoms with Crippen molar-refractivity contribution < 1.29 is 95.4 Å². The van der Waals surface area contributed by atoms with Crippen LogP contribution in [0.25, 0.3) is 11.1 Å². The Balaban J connectivity index is 0.000000681. The van der Waals surface area contributed by atoms with Gasteiger partial charge in [-0.25, -0.2) is 8.78 Å². The maximum Gasteiger partial charge on any atom is 1.00 e. The van der Waals surface area contributed by atoms with Gasteiger partial charge in [-0.3, -0.25) is 9.13 Å². The number of aliphatic hydroxyl groups is 2. The van der Waals surface area contributed by atoms with Gasteiger partial charge in [0.25, 0.3) is 0 Å². The number of benzene rings is 2. The fourth-order valence-corrected chi connectivity index (χ4v) is 13.4. The van der Waals surface area contributed by atoms with E-state index >= 15 is 0 Å². The number of aliphatic hydroxyl groups excluding tert-OH is 2. The first-order valence-corrected chi connectivity index (χ1v) is 28.3. The van der Waals surface area contributed by atoms with Gasteiger partial charge in [0.05, 0.1) is 24.5 Å². The standard InChI is InChI=1S/2C27H40FO5P.2Li/c2*1-6-26(7-2)16-22(20-10-11-24(28)19(5)14-20)23(27(8-3,9-4)18-26)12-13-34(32,33)17-21(29)15-25(30)31;;/h2*10-14,21,29H,6-9,15-18H2,1-5H3,(H,30,31)(H,32,33);;/q;;2*+1/p-2/b2*13-12+;;/t2*21-;;/m00../s1. The molecule has 0 fully saturated rings. The second kappa shape index (κ2) is 27.8. The van der Waals surface area contributed by atoms with Crippen molar-refractivity contribution in [3.8, 4) is 0 Å². The van der Waals surface area contributed by atoms with Crippen molar-refractivity contribution in [2.45, 2.75) is 171 Å². The van der Waals surface area contributed by atoms with E-state index in [-0.39, 0.29) is 71.0 Å². The zero-order valence-electron chi connectivity index (χ0n) is 44.1. The molecule has 0 radical (unpaired) electrons. The molecule has 10 nitrogen and oxygen atoms in total. The summed E-state index contributed by atoms with van der Waals surface area (Å²) in [5.41, 5.74) is 6.73. The second-order valence-corrected chi connectivity index (χ2v) is 24.1. The van der Waals surface area contributed by atoms with Crippen LogP contribution in [0.4, 0.5) is 8.78 Å². The minimum absolute atomic E-state index is 0. The van der Waals surface area contributed by atoms with Crippen LogP contribution in [0.2, 0.25) is 0 Å². The van der Waals surface area contributed by atoms with E-state index in [0.717, 1.165) is 110 Å². The first kappa shape index (κ1) is 65.7. The largest absolute Gasteiger partial charge is 1.00 e. The molecule has 0 aromatic heterocycles. The van der Waals surface area contributed by atoms with E-state index < -0.39 is 64.0 Å². The molecular formula is C54H78F2Li2O10P2. The van der Waals surface area contributed by atoms with Gasteiger partial charge in [-0.15, -0.1) is 0 Å². The average Bonchev–Trinajstić information content (AvgIpc) is 3.28. The van der Waals surface area contributed by atoms with Crippen LogP contribution >= 0.6 is 14.7 Å². The zero-order chi connectivity index (χ0) is 51.5. The van der Waals surface area contributed by atoms with Crippen molar-refractivity contribution in [1.29, 1.82) is 0 Å². The molecule has 2 aromatic carbocycles. The van der Waals surface area contributed by atoms with Gasteiger partial charge in [-0.05, 0) is 156 Å². The van der Waals surface area contributed by atoms with Gasteiger partial charge in [-0.2, -0.15) is 0 Å². The summed E-state index contributed by atoms with van der Waals surface area (Å²) in [5.74, 6) is -0.995. The van der Waals surface area contributed by atoms with Crippen molar-refractivity contribution in [2.75, 3.05) is 12.3 Å². The molecule has 4 atom stereocenters. The van der Waals surface area contributed by atoms with Crippen molar-refractivity contribution >= 4 is 37.8 Å². The molecule has 0 spiro atoms. The van der Waals surface area contributed by atoms with Crippen LogP contribution in [0.15, 0.2) is 71.3 Å². The molecule has 0 aliphatic heterocycles. The van der Waals surface area contributed by atoms with Crippen LogP contribution in [-0.2, 0) is 18.7 Å². The topological polar surface area (TPSA) is 195 Å². The predicted molar refractivity (Wildman–Crippen MR) is 266 cm³/mol. The number of hydrogen-bond acceptors (Lipinski definition) is 8. The number of halogens is 2. The quantitative estimate of drug-likeness (QED) is 0.0904. The summed E-state index contributed by atoms with van der Waals surface area (Å²) in [4.78, 5) is 42.5. The van der Waals surface area contributed by atoms with E-state index in [1.165, 1.54) is 23.8 Å². The third-order valence-electron chi connectivity index (χ3n) is 15.7. The summed E-state index contributed by atoms with van der Waals surface area (Å²) < 4.78 is 53.8. The van der Waals surface area contributed by atoms with Gasteiger partial charge in [-0.1, -0.05) is 105 Å². The Morgan fingerprint density at radius 3 is 1.14 bits per heavy atom. The van der Waals surface area contributed by atoms with Gasteiger partial charge >= 0.3 is 37.7 Å². The van der Waals surface area contributed by atoms with Crippen LogP contribution in [0.3, 0.4) is 0 Å². The SMILES string of the molecule is CCC1(CC)CC(c2ccc(F)c(C)c2)=C(/C=C/P(=O)(O)C[C@@H](O)CC(=O)[O-])C(CC)(CC)C1.CCC1(CC)CC(c2ccc(F)c(C)c2)=C(/C=C/P(=O)(O)C[C@@H](O)CC(=O)[O-])C(CC)(CC)C1.[Li+].[Li+]. The van der Waals surface area contributed by atoms with Gasteiger partial charge in [0.1, 0.15) is 11.6 Å². The summed E-state index contributed by atoms with van der Waals surface area (Å²) in [6, 6.07) is 10.2. The molecule has 380 valence electrons. The zero-order valence-corrected chi connectivity index (χ0v) is 45.9. The predicted octanol–water partition coefficient (Wildman–Crippen LogP) is 5.17. The van der Waals surface area contributed by atoms with Crippen LogP contribution in [-0.4, -0.2) is 56.5 Å². The molecule has 0 saturated heterocycles. The maximum absolute atomic E-state index is 14.1.